The van der Waals surface area contributed by atoms with Gasteiger partial charge < -0.3 is 4.74 Å². The number of hydrogen-bond donors (Lipinski definition) is 0. The van der Waals surface area contributed by atoms with Gasteiger partial charge in [-0.25, -0.2) is 8.78 Å². The minimum atomic E-state index is -0.752. The van der Waals surface area contributed by atoms with E-state index in [-0.39, 0.29) is 0 Å². The van der Waals surface area contributed by atoms with Crippen LogP contribution < -0.4 is 0 Å². The van der Waals surface area contributed by atoms with Crippen molar-refractivity contribution in [1.82, 2.24) is 0 Å². The summed E-state index contributed by atoms with van der Waals surface area (Å²) in [6.07, 6.45) is 8.97. The van der Waals surface area contributed by atoms with Crippen molar-refractivity contribution in [3.05, 3.63) is 48.1 Å². The molecule has 2 aliphatic carbocycles. The largest absolute Gasteiger partial charge is 0.374 e. The Hall–Kier alpha value is -1.22. The summed E-state index contributed by atoms with van der Waals surface area (Å²) in [5.41, 5.74) is 0.961. The minimum absolute atomic E-state index is 0.374. The molecule has 1 aromatic rings. The lowest BCUT2D eigenvalue weighted by atomic mass is 9.65. The lowest BCUT2D eigenvalue weighted by Crippen LogP contribution is -2.33. The van der Waals surface area contributed by atoms with Crippen molar-refractivity contribution in [2.24, 2.45) is 11.8 Å². The maximum atomic E-state index is 13.4. The lowest BCUT2D eigenvalue weighted by molar-refractivity contribution is -0.00311. The maximum Gasteiger partial charge on any atom is 0.159 e. The monoisotopic (exact) mass is 306 g/mol. The summed E-state index contributed by atoms with van der Waals surface area (Å²) < 4.78 is 32.3. The van der Waals surface area contributed by atoms with E-state index in [1.54, 1.807) is 6.07 Å². The van der Waals surface area contributed by atoms with Gasteiger partial charge in [0.05, 0.1) is 12.7 Å². The molecule has 0 spiro atoms. The van der Waals surface area contributed by atoms with Gasteiger partial charge in [0, 0.05) is 0 Å². The first-order valence-corrected chi connectivity index (χ1v) is 8.34. The van der Waals surface area contributed by atoms with Crippen LogP contribution in [0.5, 0.6) is 0 Å². The highest BCUT2D eigenvalue weighted by molar-refractivity contribution is 5.22. The van der Waals surface area contributed by atoms with Gasteiger partial charge in [-0.3, -0.25) is 0 Å². The molecule has 0 heterocycles. The third kappa shape index (κ3) is 3.40. The quantitative estimate of drug-likeness (QED) is 0.693. The summed E-state index contributed by atoms with van der Waals surface area (Å²) in [6, 6.07) is 4.40. The Labute approximate surface area is 131 Å². The predicted octanol–water partition coefficient (Wildman–Crippen LogP) is 5.22. The highest BCUT2D eigenvalue weighted by Gasteiger charge is 2.36. The van der Waals surface area contributed by atoms with Gasteiger partial charge in [-0.2, -0.15) is 0 Å². The van der Waals surface area contributed by atoms with Gasteiger partial charge in [-0.05, 0) is 74.0 Å². The molecule has 0 aliphatic heterocycles. The molecule has 0 bridgehead atoms. The van der Waals surface area contributed by atoms with Crippen LogP contribution in [0.1, 0.15) is 50.0 Å². The van der Waals surface area contributed by atoms with Crippen molar-refractivity contribution in [3.8, 4) is 0 Å². The zero-order chi connectivity index (χ0) is 15.5. The van der Waals surface area contributed by atoms with Crippen molar-refractivity contribution >= 4 is 0 Å². The molecule has 0 saturated heterocycles. The molecule has 1 nitrogen and oxygen atoms in total. The van der Waals surface area contributed by atoms with Crippen LogP contribution in [0, 0.1) is 23.5 Å². The molecular weight excluding hydrogens is 282 g/mol. The Morgan fingerprint density at radius 1 is 1.05 bits per heavy atom. The molecule has 4 atom stereocenters. The standard InChI is InChI=1S/C19H24F2O/c1-2-9-22-17-7-5-14-10-13(3-4-15(14)11-17)16-6-8-18(20)19(21)12-16/h2,6,8,12-15,17H,1,3-5,7,9-11H2. The maximum absolute atomic E-state index is 13.4. The molecule has 0 N–H and O–H groups in total. The van der Waals surface area contributed by atoms with Crippen molar-refractivity contribution in [2.45, 2.75) is 50.5 Å². The van der Waals surface area contributed by atoms with E-state index >= 15 is 0 Å². The Morgan fingerprint density at radius 3 is 2.59 bits per heavy atom. The van der Waals surface area contributed by atoms with Crippen LogP contribution in [0.25, 0.3) is 0 Å². The van der Waals surface area contributed by atoms with Gasteiger partial charge >= 0.3 is 0 Å². The number of fused-ring (bicyclic) bond motifs is 1. The number of hydrogen-bond acceptors (Lipinski definition) is 1. The first kappa shape index (κ1) is 15.7. The first-order chi connectivity index (χ1) is 10.7. The van der Waals surface area contributed by atoms with E-state index < -0.39 is 11.6 Å². The molecular formula is C19H24F2O. The van der Waals surface area contributed by atoms with Gasteiger partial charge in [0.15, 0.2) is 11.6 Å². The van der Waals surface area contributed by atoms with E-state index in [1.807, 2.05) is 6.08 Å². The molecule has 22 heavy (non-hydrogen) atoms. The highest BCUT2D eigenvalue weighted by atomic mass is 19.2. The molecule has 4 unspecified atom stereocenters. The average Bonchev–Trinajstić information content (AvgIpc) is 2.55. The van der Waals surface area contributed by atoms with Crippen LogP contribution in [0.4, 0.5) is 8.78 Å². The summed E-state index contributed by atoms with van der Waals surface area (Å²) in [6.45, 7) is 4.34. The zero-order valence-electron chi connectivity index (χ0n) is 12.9. The van der Waals surface area contributed by atoms with Gasteiger partial charge in [0.1, 0.15) is 0 Å². The third-order valence-electron chi connectivity index (χ3n) is 5.43. The lowest BCUT2D eigenvalue weighted by Gasteiger charge is -2.42. The number of benzene rings is 1. The van der Waals surface area contributed by atoms with Crippen molar-refractivity contribution < 1.29 is 13.5 Å². The molecule has 2 saturated carbocycles. The molecule has 3 heteroatoms. The molecule has 1 aromatic carbocycles. The Balaban J connectivity index is 1.60. The SMILES string of the molecule is C=CCOC1CCC2CC(c3ccc(F)c(F)c3)CCC2C1. The van der Waals surface area contributed by atoms with Crippen LogP contribution in [0.3, 0.4) is 0 Å². The Bertz CT molecular complexity index is 528. The fraction of sp³-hybridized carbons (Fsp3) is 0.579. The second-order valence-electron chi connectivity index (χ2n) is 6.76. The smallest absolute Gasteiger partial charge is 0.159 e. The van der Waals surface area contributed by atoms with Gasteiger partial charge in [-0.15, -0.1) is 6.58 Å². The van der Waals surface area contributed by atoms with Crippen LogP contribution in [0.2, 0.25) is 0 Å². The van der Waals surface area contributed by atoms with E-state index in [1.165, 1.54) is 25.0 Å². The summed E-state index contributed by atoms with van der Waals surface area (Å²) in [7, 11) is 0. The van der Waals surface area contributed by atoms with Crippen LogP contribution in [0.15, 0.2) is 30.9 Å². The van der Waals surface area contributed by atoms with E-state index in [0.29, 0.717) is 24.5 Å². The Kier molecular flexibility index (Phi) is 4.92. The van der Waals surface area contributed by atoms with Crippen LogP contribution in [-0.2, 0) is 4.74 Å². The molecule has 2 fully saturated rings. The summed E-state index contributed by atoms with van der Waals surface area (Å²) >= 11 is 0. The Morgan fingerprint density at radius 2 is 1.82 bits per heavy atom. The number of ether oxygens (including phenoxy) is 1. The van der Waals surface area contributed by atoms with Gasteiger partial charge in [0.25, 0.3) is 0 Å². The van der Waals surface area contributed by atoms with Crippen molar-refractivity contribution in [3.63, 3.8) is 0 Å². The first-order valence-electron chi connectivity index (χ1n) is 8.34. The zero-order valence-corrected chi connectivity index (χ0v) is 12.9. The molecule has 0 aromatic heterocycles. The van der Waals surface area contributed by atoms with Crippen molar-refractivity contribution in [1.29, 1.82) is 0 Å². The second-order valence-corrected chi connectivity index (χ2v) is 6.76. The van der Waals surface area contributed by atoms with E-state index in [2.05, 4.69) is 6.58 Å². The van der Waals surface area contributed by atoms with Gasteiger partial charge in [-0.1, -0.05) is 12.1 Å². The molecule has 120 valence electrons. The minimum Gasteiger partial charge on any atom is -0.374 e. The third-order valence-corrected chi connectivity index (χ3v) is 5.43. The van der Waals surface area contributed by atoms with Crippen LogP contribution >= 0.6 is 0 Å². The molecule has 3 rings (SSSR count). The van der Waals surface area contributed by atoms with Gasteiger partial charge in [0.2, 0.25) is 0 Å². The summed E-state index contributed by atoms with van der Waals surface area (Å²) in [4.78, 5) is 0. The number of rotatable bonds is 4. The highest BCUT2D eigenvalue weighted by Crippen LogP contribution is 2.46. The second kappa shape index (κ2) is 6.91. The fourth-order valence-electron chi connectivity index (χ4n) is 4.27. The molecule has 0 amide bonds. The molecule has 0 radical (unpaired) electrons. The molecule has 2 aliphatic rings. The average molecular weight is 306 g/mol. The number of halogens is 2. The van der Waals surface area contributed by atoms with E-state index in [9.17, 15) is 8.78 Å². The normalized spacial score (nSPS) is 31.5. The van der Waals surface area contributed by atoms with E-state index in [0.717, 1.165) is 37.2 Å². The van der Waals surface area contributed by atoms with Crippen molar-refractivity contribution in [2.75, 3.05) is 6.61 Å². The summed E-state index contributed by atoms with van der Waals surface area (Å²) in [5.74, 6) is 0.334. The fourth-order valence-corrected chi connectivity index (χ4v) is 4.27. The topological polar surface area (TPSA) is 9.23 Å². The predicted molar refractivity (Wildman–Crippen MR) is 83.7 cm³/mol. The van der Waals surface area contributed by atoms with Crippen LogP contribution in [-0.4, -0.2) is 12.7 Å². The van der Waals surface area contributed by atoms with E-state index in [4.69, 9.17) is 4.74 Å². The summed E-state index contributed by atoms with van der Waals surface area (Å²) in [5, 5.41) is 0.